The fourth-order valence-electron chi connectivity index (χ4n) is 3.30. The van der Waals surface area contributed by atoms with Crippen molar-refractivity contribution in [2.24, 2.45) is 0 Å². The Kier molecular flexibility index (Phi) is 6.48. The maximum atomic E-state index is 12.7. The third kappa shape index (κ3) is 4.42. The number of carbonyl (C=O) groups is 1. The summed E-state index contributed by atoms with van der Waals surface area (Å²) in [5.41, 5.74) is 4.36. The largest absolute Gasteiger partial charge is 0.372 e. The van der Waals surface area contributed by atoms with Gasteiger partial charge in [0.05, 0.1) is 5.69 Å². The van der Waals surface area contributed by atoms with Crippen molar-refractivity contribution in [2.75, 3.05) is 23.3 Å². The molecule has 0 aliphatic heterocycles. The summed E-state index contributed by atoms with van der Waals surface area (Å²) in [5.74, 6) is -0.192. The lowest BCUT2D eigenvalue weighted by atomic mass is 10.2. The Morgan fingerprint density at radius 3 is 2.29 bits per heavy atom. The van der Waals surface area contributed by atoms with Crippen LogP contribution in [-0.4, -0.2) is 28.8 Å². The van der Waals surface area contributed by atoms with Gasteiger partial charge in [0.1, 0.15) is 0 Å². The van der Waals surface area contributed by atoms with Crippen LogP contribution in [0.25, 0.3) is 5.69 Å². The number of aromatic nitrogens is 2. The van der Waals surface area contributed by atoms with Crippen LogP contribution in [-0.2, 0) is 6.42 Å². The molecule has 3 rings (SSSR count). The molecule has 1 amide bonds. The van der Waals surface area contributed by atoms with E-state index in [4.69, 9.17) is 0 Å². The number of carbonyl (C=O) groups excluding carboxylic acids is 1. The molecule has 5 heteroatoms. The molecule has 1 aromatic heterocycles. The summed E-state index contributed by atoms with van der Waals surface area (Å²) in [6.07, 6.45) is 1.86. The number of anilines is 2. The van der Waals surface area contributed by atoms with Gasteiger partial charge in [0, 0.05) is 30.2 Å². The number of aryl methyl sites for hydroxylation is 1. The molecule has 28 heavy (non-hydrogen) atoms. The second-order valence-electron chi connectivity index (χ2n) is 6.69. The first kappa shape index (κ1) is 19.7. The minimum atomic E-state index is -0.192. The molecule has 2 aromatic carbocycles. The molecule has 0 bridgehead atoms. The molecule has 1 heterocycles. The zero-order valence-corrected chi connectivity index (χ0v) is 16.9. The number of benzene rings is 2. The molecule has 146 valence electrons. The fourth-order valence-corrected chi connectivity index (χ4v) is 3.30. The van der Waals surface area contributed by atoms with Gasteiger partial charge >= 0.3 is 0 Å². The van der Waals surface area contributed by atoms with Gasteiger partial charge in [-0.3, -0.25) is 4.79 Å². The van der Waals surface area contributed by atoms with Crippen LogP contribution < -0.4 is 10.2 Å². The monoisotopic (exact) mass is 376 g/mol. The highest BCUT2D eigenvalue weighted by Gasteiger charge is 2.15. The maximum absolute atomic E-state index is 12.7. The Hall–Kier alpha value is -3.08. The average molecular weight is 377 g/mol. The van der Waals surface area contributed by atoms with Crippen molar-refractivity contribution in [2.45, 2.75) is 33.6 Å². The number of para-hydroxylation sites is 1. The highest BCUT2D eigenvalue weighted by Crippen LogP contribution is 2.19. The molecule has 1 N–H and O–H groups in total. The first-order valence-corrected chi connectivity index (χ1v) is 9.97. The molecule has 5 nitrogen and oxygen atoms in total. The molecule has 0 radical (unpaired) electrons. The molecule has 0 fully saturated rings. The standard InChI is InChI=1S/C23H28N4O/c1-4-10-21-17-22(25-27(21)20-11-8-7-9-12-20)23(28)24-18-13-15-19(16-14-18)26(5-2)6-3/h7-9,11-17H,4-6,10H2,1-3H3,(H,24,28). The van der Waals surface area contributed by atoms with E-state index in [1.165, 1.54) is 0 Å². The molecule has 0 unspecified atom stereocenters. The van der Waals surface area contributed by atoms with E-state index >= 15 is 0 Å². The molecule has 0 atom stereocenters. The second-order valence-corrected chi connectivity index (χ2v) is 6.69. The van der Waals surface area contributed by atoms with E-state index < -0.39 is 0 Å². The van der Waals surface area contributed by atoms with Crippen molar-refractivity contribution in [3.63, 3.8) is 0 Å². The molecule has 0 aliphatic carbocycles. The Morgan fingerprint density at radius 2 is 1.68 bits per heavy atom. The van der Waals surface area contributed by atoms with E-state index in [1.54, 1.807) is 0 Å². The number of nitrogens with zero attached hydrogens (tertiary/aromatic N) is 3. The smallest absolute Gasteiger partial charge is 0.276 e. The van der Waals surface area contributed by atoms with E-state index in [1.807, 2.05) is 65.3 Å². The van der Waals surface area contributed by atoms with E-state index in [-0.39, 0.29) is 5.91 Å². The lowest BCUT2D eigenvalue weighted by Crippen LogP contribution is -2.21. The highest BCUT2D eigenvalue weighted by atomic mass is 16.1. The molecule has 0 saturated heterocycles. The van der Waals surface area contributed by atoms with Gasteiger partial charge in [0.2, 0.25) is 0 Å². The molecular weight excluding hydrogens is 348 g/mol. The predicted molar refractivity (Wildman–Crippen MR) is 116 cm³/mol. The van der Waals surface area contributed by atoms with Crippen molar-refractivity contribution < 1.29 is 4.79 Å². The van der Waals surface area contributed by atoms with Gasteiger partial charge in [0.15, 0.2) is 5.69 Å². The number of rotatable bonds is 8. The summed E-state index contributed by atoms with van der Waals surface area (Å²) < 4.78 is 1.86. The summed E-state index contributed by atoms with van der Waals surface area (Å²) in [6.45, 7) is 8.31. The summed E-state index contributed by atoms with van der Waals surface area (Å²) in [6, 6.07) is 19.8. The Bertz CT molecular complexity index is 896. The van der Waals surface area contributed by atoms with Crippen LogP contribution in [0.15, 0.2) is 60.7 Å². The quantitative estimate of drug-likeness (QED) is 0.607. The van der Waals surface area contributed by atoms with Crippen LogP contribution in [0.4, 0.5) is 11.4 Å². The number of hydrogen-bond donors (Lipinski definition) is 1. The van der Waals surface area contributed by atoms with Gasteiger partial charge in [-0.25, -0.2) is 4.68 Å². The Balaban J connectivity index is 1.79. The first-order valence-electron chi connectivity index (χ1n) is 9.97. The average Bonchev–Trinajstić information content (AvgIpc) is 3.15. The van der Waals surface area contributed by atoms with Crippen LogP contribution in [0.3, 0.4) is 0 Å². The zero-order valence-electron chi connectivity index (χ0n) is 16.9. The van der Waals surface area contributed by atoms with Gasteiger partial charge in [0.25, 0.3) is 5.91 Å². The molecule has 0 spiro atoms. The van der Waals surface area contributed by atoms with Crippen LogP contribution in [0, 0.1) is 0 Å². The van der Waals surface area contributed by atoms with Crippen LogP contribution in [0.2, 0.25) is 0 Å². The molecule has 0 aliphatic rings. The summed E-state index contributed by atoms with van der Waals surface area (Å²) in [7, 11) is 0. The summed E-state index contributed by atoms with van der Waals surface area (Å²) in [5, 5.41) is 7.53. The van der Waals surface area contributed by atoms with Crippen LogP contribution in [0.1, 0.15) is 43.4 Å². The third-order valence-electron chi connectivity index (χ3n) is 4.78. The minimum Gasteiger partial charge on any atom is -0.372 e. The SMILES string of the molecule is CCCc1cc(C(=O)Nc2ccc(N(CC)CC)cc2)nn1-c1ccccc1. The highest BCUT2D eigenvalue weighted by molar-refractivity contribution is 6.03. The van der Waals surface area contributed by atoms with Gasteiger partial charge in [-0.05, 0) is 62.7 Å². The number of hydrogen-bond acceptors (Lipinski definition) is 3. The molecule has 3 aromatic rings. The maximum Gasteiger partial charge on any atom is 0.276 e. The molecular formula is C23H28N4O. The number of amides is 1. The Labute approximate surface area is 167 Å². The summed E-state index contributed by atoms with van der Waals surface area (Å²) in [4.78, 5) is 15.0. The van der Waals surface area contributed by atoms with Crippen LogP contribution in [0.5, 0.6) is 0 Å². The van der Waals surface area contributed by atoms with Crippen molar-refractivity contribution >= 4 is 17.3 Å². The summed E-state index contributed by atoms with van der Waals surface area (Å²) >= 11 is 0. The van der Waals surface area contributed by atoms with Gasteiger partial charge in [-0.2, -0.15) is 5.10 Å². The zero-order chi connectivity index (χ0) is 19.9. The molecule has 0 saturated carbocycles. The van der Waals surface area contributed by atoms with Gasteiger partial charge in [-0.15, -0.1) is 0 Å². The normalized spacial score (nSPS) is 10.7. The lowest BCUT2D eigenvalue weighted by Gasteiger charge is -2.21. The van der Waals surface area contributed by atoms with Gasteiger partial charge in [-0.1, -0.05) is 31.5 Å². The fraction of sp³-hybridized carbons (Fsp3) is 0.304. The third-order valence-corrected chi connectivity index (χ3v) is 4.78. The minimum absolute atomic E-state index is 0.192. The van der Waals surface area contributed by atoms with Gasteiger partial charge < -0.3 is 10.2 Å². The van der Waals surface area contributed by atoms with E-state index in [0.717, 1.165) is 48.7 Å². The van der Waals surface area contributed by atoms with E-state index in [2.05, 4.69) is 36.1 Å². The van der Waals surface area contributed by atoms with Crippen molar-refractivity contribution in [3.05, 3.63) is 72.1 Å². The topological polar surface area (TPSA) is 50.2 Å². The van der Waals surface area contributed by atoms with E-state index in [9.17, 15) is 4.79 Å². The van der Waals surface area contributed by atoms with Crippen molar-refractivity contribution in [1.82, 2.24) is 9.78 Å². The first-order chi connectivity index (χ1) is 13.7. The van der Waals surface area contributed by atoms with Crippen LogP contribution >= 0.6 is 0 Å². The number of nitrogens with one attached hydrogen (secondary N) is 1. The second kappa shape index (κ2) is 9.22. The van der Waals surface area contributed by atoms with Crippen molar-refractivity contribution in [1.29, 1.82) is 0 Å². The Morgan fingerprint density at radius 1 is 1.00 bits per heavy atom. The van der Waals surface area contributed by atoms with Crippen molar-refractivity contribution in [3.8, 4) is 5.69 Å². The lowest BCUT2D eigenvalue weighted by molar-refractivity contribution is 0.102. The van der Waals surface area contributed by atoms with E-state index in [0.29, 0.717) is 5.69 Å². The predicted octanol–water partition coefficient (Wildman–Crippen LogP) is 4.92.